The summed E-state index contributed by atoms with van der Waals surface area (Å²) < 4.78 is 0. The van der Waals surface area contributed by atoms with Crippen molar-refractivity contribution in [2.45, 2.75) is 13.8 Å². The van der Waals surface area contributed by atoms with Crippen LogP contribution in [0.2, 0.25) is 0 Å². The van der Waals surface area contributed by atoms with E-state index in [0.29, 0.717) is 0 Å². The smallest absolute Gasteiger partial charge is 0.0366 e. The highest BCUT2D eigenvalue weighted by molar-refractivity contribution is 5.73. The van der Waals surface area contributed by atoms with E-state index in [2.05, 4.69) is 97.5 Å². The van der Waals surface area contributed by atoms with Crippen LogP contribution in [0.5, 0.6) is 0 Å². The molecule has 0 bridgehead atoms. The van der Waals surface area contributed by atoms with Crippen LogP contribution in [-0.4, -0.2) is 13.1 Å². The van der Waals surface area contributed by atoms with Crippen LogP contribution in [0.4, 0.5) is 5.69 Å². The van der Waals surface area contributed by atoms with Crippen LogP contribution in [0.3, 0.4) is 0 Å². The number of anilines is 1. The summed E-state index contributed by atoms with van der Waals surface area (Å²) in [6.07, 6.45) is 13.9. The first kappa shape index (κ1) is 20.2. The topological polar surface area (TPSA) is 3.24 Å². The summed E-state index contributed by atoms with van der Waals surface area (Å²) in [5.74, 6) is 2.64. The Labute approximate surface area is 175 Å². The van der Waals surface area contributed by atoms with Crippen LogP contribution >= 0.6 is 0 Å². The third kappa shape index (κ3) is 5.74. The lowest BCUT2D eigenvalue weighted by atomic mass is 10.1. The zero-order valence-corrected chi connectivity index (χ0v) is 17.2. The normalized spacial score (nSPS) is 11.1. The highest BCUT2D eigenvalue weighted by Gasteiger charge is 2.00. The van der Waals surface area contributed by atoms with E-state index in [-0.39, 0.29) is 0 Å². The second kappa shape index (κ2) is 10.2. The highest BCUT2D eigenvalue weighted by Crippen LogP contribution is 2.17. The molecule has 0 radical (unpaired) electrons. The van der Waals surface area contributed by atoms with Crippen LogP contribution in [0, 0.1) is 12.3 Å². The fraction of sp³-hybridized carbons (Fsp3) is 0.143. The molecular formula is C28H27N. The predicted molar refractivity (Wildman–Crippen MR) is 129 cm³/mol. The summed E-state index contributed by atoms with van der Waals surface area (Å²) in [6, 6.07) is 25.3. The van der Waals surface area contributed by atoms with Crippen LogP contribution < -0.4 is 4.90 Å². The average Bonchev–Trinajstić information content (AvgIpc) is 2.79. The molecule has 3 aromatic carbocycles. The molecule has 0 aliphatic rings. The van der Waals surface area contributed by atoms with Crippen molar-refractivity contribution in [2.24, 2.45) is 0 Å². The molecule has 0 unspecified atom stereocenters. The van der Waals surface area contributed by atoms with Crippen molar-refractivity contribution in [3.8, 4) is 12.3 Å². The average molecular weight is 378 g/mol. The zero-order valence-electron chi connectivity index (χ0n) is 17.2. The van der Waals surface area contributed by atoms with Gasteiger partial charge in [0.2, 0.25) is 0 Å². The molecule has 0 aliphatic carbocycles. The van der Waals surface area contributed by atoms with Crippen molar-refractivity contribution in [2.75, 3.05) is 18.0 Å². The Hall–Kier alpha value is -3.50. The standard InChI is InChI=1S/C28H27N/c1-4-23-7-9-24(10-8-23)11-12-25-13-15-26(16-14-25)17-18-27-19-21-28(22-20-27)29(5-2)6-3/h1,7-22H,5-6H2,2-3H3/b12-11+,18-17+. The van der Waals surface area contributed by atoms with Crippen LogP contribution in [-0.2, 0) is 0 Å². The fourth-order valence-electron chi connectivity index (χ4n) is 3.18. The van der Waals surface area contributed by atoms with Gasteiger partial charge in [0.25, 0.3) is 0 Å². The Morgan fingerprint density at radius 1 is 0.621 bits per heavy atom. The minimum Gasteiger partial charge on any atom is -0.372 e. The Balaban J connectivity index is 1.62. The van der Waals surface area contributed by atoms with Gasteiger partial charge in [-0.1, -0.05) is 78.8 Å². The quantitative estimate of drug-likeness (QED) is 0.321. The molecule has 0 N–H and O–H groups in total. The monoisotopic (exact) mass is 377 g/mol. The van der Waals surface area contributed by atoms with Crippen molar-refractivity contribution in [1.29, 1.82) is 0 Å². The molecule has 1 nitrogen and oxygen atoms in total. The summed E-state index contributed by atoms with van der Waals surface area (Å²) in [5, 5.41) is 0. The maximum Gasteiger partial charge on any atom is 0.0366 e. The van der Waals surface area contributed by atoms with Gasteiger partial charge in [-0.25, -0.2) is 0 Å². The molecule has 0 spiro atoms. The molecule has 3 rings (SSSR count). The summed E-state index contributed by atoms with van der Waals surface area (Å²) in [7, 11) is 0. The van der Waals surface area contributed by atoms with Gasteiger partial charge in [-0.15, -0.1) is 6.42 Å². The third-order valence-corrected chi connectivity index (χ3v) is 4.97. The third-order valence-electron chi connectivity index (χ3n) is 4.97. The first-order valence-electron chi connectivity index (χ1n) is 10.1. The summed E-state index contributed by atoms with van der Waals surface area (Å²) in [4.78, 5) is 2.35. The van der Waals surface area contributed by atoms with Gasteiger partial charge < -0.3 is 4.90 Å². The molecular weight excluding hydrogens is 350 g/mol. The van der Waals surface area contributed by atoms with E-state index in [9.17, 15) is 0 Å². The Kier molecular flexibility index (Phi) is 7.09. The summed E-state index contributed by atoms with van der Waals surface area (Å²) >= 11 is 0. The van der Waals surface area contributed by atoms with Crippen molar-refractivity contribution < 1.29 is 0 Å². The summed E-state index contributed by atoms with van der Waals surface area (Å²) in [5.41, 5.74) is 6.89. The van der Waals surface area contributed by atoms with E-state index in [1.807, 2.05) is 24.3 Å². The summed E-state index contributed by atoms with van der Waals surface area (Å²) in [6.45, 7) is 6.43. The number of hydrogen-bond acceptors (Lipinski definition) is 1. The first-order chi connectivity index (χ1) is 14.2. The molecule has 0 fully saturated rings. The second-order valence-corrected chi connectivity index (χ2v) is 6.86. The molecule has 3 aromatic rings. The fourth-order valence-corrected chi connectivity index (χ4v) is 3.18. The Bertz CT molecular complexity index is 994. The van der Waals surface area contributed by atoms with E-state index < -0.39 is 0 Å². The molecule has 0 amide bonds. The number of hydrogen-bond donors (Lipinski definition) is 0. The van der Waals surface area contributed by atoms with Crippen molar-refractivity contribution in [3.05, 3.63) is 101 Å². The van der Waals surface area contributed by atoms with E-state index >= 15 is 0 Å². The van der Waals surface area contributed by atoms with Crippen molar-refractivity contribution in [3.63, 3.8) is 0 Å². The lowest BCUT2D eigenvalue weighted by Gasteiger charge is -2.20. The highest BCUT2D eigenvalue weighted by atomic mass is 15.1. The van der Waals surface area contributed by atoms with Gasteiger partial charge in [0.1, 0.15) is 0 Å². The van der Waals surface area contributed by atoms with Gasteiger partial charge in [0.05, 0.1) is 0 Å². The van der Waals surface area contributed by atoms with Crippen LogP contribution in [0.25, 0.3) is 24.3 Å². The van der Waals surface area contributed by atoms with E-state index in [1.54, 1.807) is 0 Å². The van der Waals surface area contributed by atoms with Crippen molar-refractivity contribution in [1.82, 2.24) is 0 Å². The molecule has 0 saturated heterocycles. The minimum atomic E-state index is 0.904. The van der Waals surface area contributed by atoms with Gasteiger partial charge >= 0.3 is 0 Å². The zero-order chi connectivity index (χ0) is 20.5. The molecule has 0 heterocycles. The largest absolute Gasteiger partial charge is 0.372 e. The number of nitrogens with zero attached hydrogens (tertiary/aromatic N) is 1. The predicted octanol–water partition coefficient (Wildman–Crippen LogP) is 6.85. The lowest BCUT2D eigenvalue weighted by molar-refractivity contribution is 0.866. The van der Waals surface area contributed by atoms with Crippen molar-refractivity contribution >= 4 is 30.0 Å². The van der Waals surface area contributed by atoms with Crippen LogP contribution in [0.1, 0.15) is 41.7 Å². The first-order valence-corrected chi connectivity index (χ1v) is 10.1. The molecule has 0 atom stereocenters. The maximum absolute atomic E-state index is 5.40. The molecule has 1 heteroatoms. The van der Waals surface area contributed by atoms with E-state index in [4.69, 9.17) is 6.42 Å². The van der Waals surface area contributed by atoms with E-state index in [1.165, 1.54) is 22.4 Å². The molecule has 0 aliphatic heterocycles. The number of terminal acetylenes is 1. The second-order valence-electron chi connectivity index (χ2n) is 6.86. The number of rotatable bonds is 7. The van der Waals surface area contributed by atoms with E-state index in [0.717, 1.165) is 24.2 Å². The number of benzene rings is 3. The van der Waals surface area contributed by atoms with Gasteiger partial charge in [-0.05, 0) is 60.4 Å². The SMILES string of the molecule is C#Cc1ccc(/C=C/c2ccc(/C=C/c3ccc(N(CC)CC)cc3)cc2)cc1. The molecule has 29 heavy (non-hydrogen) atoms. The van der Waals surface area contributed by atoms with Gasteiger partial charge in [0, 0.05) is 24.3 Å². The molecule has 0 saturated carbocycles. The lowest BCUT2D eigenvalue weighted by Crippen LogP contribution is -2.21. The molecule has 0 aromatic heterocycles. The minimum absolute atomic E-state index is 0.904. The van der Waals surface area contributed by atoms with Gasteiger partial charge in [0.15, 0.2) is 0 Å². The van der Waals surface area contributed by atoms with Gasteiger partial charge in [-0.3, -0.25) is 0 Å². The Morgan fingerprint density at radius 3 is 1.31 bits per heavy atom. The van der Waals surface area contributed by atoms with Crippen LogP contribution in [0.15, 0.2) is 72.8 Å². The Morgan fingerprint density at radius 2 is 0.966 bits per heavy atom. The maximum atomic E-state index is 5.40. The van der Waals surface area contributed by atoms with Gasteiger partial charge in [-0.2, -0.15) is 0 Å². The molecule has 144 valence electrons.